The largest absolute Gasteiger partial charge is 0.350 e. The Morgan fingerprint density at radius 1 is 1.05 bits per heavy atom. The van der Waals surface area contributed by atoms with Gasteiger partial charge in [0, 0.05) is 56.8 Å². The first-order valence-corrected chi connectivity index (χ1v) is 12.5. The number of benzene rings is 3. The number of carbonyl (C=O) groups is 1. The van der Waals surface area contributed by atoms with Crippen molar-refractivity contribution in [2.75, 3.05) is 11.9 Å². The molecule has 7 nitrogen and oxygen atoms in total. The summed E-state index contributed by atoms with van der Waals surface area (Å²) in [6.45, 7) is 4.35. The predicted octanol–water partition coefficient (Wildman–Crippen LogP) is 6.13. The van der Waals surface area contributed by atoms with Crippen LogP contribution in [0.4, 0.5) is 16.0 Å². The maximum Gasteiger partial charge on any atom is 0.251 e. The zero-order chi connectivity index (χ0) is 26.9. The lowest BCUT2D eigenvalue weighted by Gasteiger charge is -2.18. The van der Waals surface area contributed by atoms with Gasteiger partial charge in [0.15, 0.2) is 0 Å². The van der Waals surface area contributed by atoms with Crippen molar-refractivity contribution in [3.05, 3.63) is 106 Å². The lowest BCUT2D eigenvalue weighted by Crippen LogP contribution is -2.45. The molecule has 4 aromatic rings. The second-order valence-corrected chi connectivity index (χ2v) is 10.2. The zero-order valence-corrected chi connectivity index (χ0v) is 21.7. The standard InChI is InChI=1S/C29H26ClFN6O.CH4/c1-29(2,32)16-35-27(38)17-7-10-20(11-8-17)36-28-34-15-18-14-33-26(22-5-3-4-6-24(22)31)23-13-19(30)9-12-21(23)25(18)37-28;/h3-13,15H,14,16,32H2,1-2H3,(H,35,38)(H,34,36,37);1H4. The van der Waals surface area contributed by atoms with E-state index in [1.165, 1.54) is 6.07 Å². The summed E-state index contributed by atoms with van der Waals surface area (Å²) in [6.07, 6.45) is 1.72. The van der Waals surface area contributed by atoms with Crippen LogP contribution in [0.15, 0.2) is 77.9 Å². The highest BCUT2D eigenvalue weighted by Crippen LogP contribution is 2.34. The third-order valence-corrected chi connectivity index (χ3v) is 6.24. The molecule has 0 radical (unpaired) electrons. The molecule has 0 bridgehead atoms. The number of carbonyl (C=O) groups excluding carboxylic acids is 1. The highest BCUT2D eigenvalue weighted by molar-refractivity contribution is 6.31. The molecule has 0 unspecified atom stereocenters. The summed E-state index contributed by atoms with van der Waals surface area (Å²) in [5, 5.41) is 6.54. The molecule has 0 saturated carbocycles. The number of hydrogen-bond donors (Lipinski definition) is 3. The monoisotopic (exact) mass is 544 g/mol. The number of hydrogen-bond acceptors (Lipinski definition) is 6. The minimum absolute atomic E-state index is 0. The molecule has 1 aliphatic heterocycles. The highest BCUT2D eigenvalue weighted by atomic mass is 35.5. The molecule has 39 heavy (non-hydrogen) atoms. The smallest absolute Gasteiger partial charge is 0.251 e. The van der Waals surface area contributed by atoms with E-state index in [1.54, 1.807) is 60.8 Å². The number of aliphatic imine (C=N–C) groups is 1. The number of aromatic nitrogens is 2. The van der Waals surface area contributed by atoms with Crippen LogP contribution in [0.2, 0.25) is 5.02 Å². The van der Waals surface area contributed by atoms with E-state index in [2.05, 4.69) is 15.6 Å². The fourth-order valence-electron chi connectivity index (χ4n) is 4.11. The molecular weight excluding hydrogens is 515 g/mol. The van der Waals surface area contributed by atoms with Gasteiger partial charge in [-0.2, -0.15) is 0 Å². The topological polar surface area (TPSA) is 105 Å². The Kier molecular flexibility index (Phi) is 8.09. The van der Waals surface area contributed by atoms with Gasteiger partial charge in [-0.25, -0.2) is 14.4 Å². The Labute approximate surface area is 232 Å². The number of nitrogens with one attached hydrogen (secondary N) is 2. The first-order chi connectivity index (χ1) is 18.2. The Hall–Kier alpha value is -4.14. The van der Waals surface area contributed by atoms with Crippen molar-refractivity contribution < 1.29 is 9.18 Å². The minimum atomic E-state index is -0.495. The second kappa shape index (κ2) is 11.3. The van der Waals surface area contributed by atoms with Crippen LogP contribution in [-0.4, -0.2) is 33.7 Å². The molecule has 4 N–H and O–H groups in total. The number of rotatable bonds is 6. The van der Waals surface area contributed by atoms with Gasteiger partial charge in [-0.15, -0.1) is 0 Å². The quantitative estimate of drug-likeness (QED) is 0.270. The third-order valence-electron chi connectivity index (χ3n) is 6.00. The summed E-state index contributed by atoms with van der Waals surface area (Å²) < 4.78 is 14.7. The average molecular weight is 545 g/mol. The van der Waals surface area contributed by atoms with E-state index in [9.17, 15) is 9.18 Å². The average Bonchev–Trinajstić information content (AvgIpc) is 3.04. The van der Waals surface area contributed by atoms with E-state index in [-0.39, 0.29) is 25.7 Å². The van der Waals surface area contributed by atoms with Crippen LogP contribution in [0.5, 0.6) is 0 Å². The molecule has 0 saturated heterocycles. The van der Waals surface area contributed by atoms with Crippen molar-refractivity contribution in [2.45, 2.75) is 33.4 Å². The number of fused-ring (bicyclic) bond motifs is 3. The van der Waals surface area contributed by atoms with Gasteiger partial charge in [0.05, 0.1) is 18.0 Å². The van der Waals surface area contributed by atoms with Gasteiger partial charge in [-0.05, 0) is 62.4 Å². The number of halogens is 2. The molecule has 200 valence electrons. The zero-order valence-electron chi connectivity index (χ0n) is 20.9. The van der Waals surface area contributed by atoms with Crippen LogP contribution in [-0.2, 0) is 6.54 Å². The summed E-state index contributed by atoms with van der Waals surface area (Å²) in [6, 6.07) is 19.0. The Balaban J connectivity index is 0.00000353. The van der Waals surface area contributed by atoms with Crippen molar-refractivity contribution in [3.63, 3.8) is 0 Å². The van der Waals surface area contributed by atoms with E-state index in [4.69, 9.17) is 27.3 Å². The lowest BCUT2D eigenvalue weighted by molar-refractivity contribution is 0.0946. The number of anilines is 2. The maximum atomic E-state index is 14.7. The Bertz CT molecular complexity index is 1550. The second-order valence-electron chi connectivity index (χ2n) is 9.78. The van der Waals surface area contributed by atoms with Crippen LogP contribution in [0, 0.1) is 5.82 Å². The lowest BCUT2D eigenvalue weighted by atomic mass is 9.95. The minimum Gasteiger partial charge on any atom is -0.350 e. The van der Waals surface area contributed by atoms with Crippen molar-refractivity contribution in [1.29, 1.82) is 0 Å². The van der Waals surface area contributed by atoms with Gasteiger partial charge in [-0.1, -0.05) is 37.2 Å². The van der Waals surface area contributed by atoms with Crippen molar-refractivity contribution in [2.24, 2.45) is 10.7 Å². The molecule has 5 rings (SSSR count). The van der Waals surface area contributed by atoms with Gasteiger partial charge >= 0.3 is 0 Å². The number of nitrogens with two attached hydrogens (primary N) is 1. The van der Waals surface area contributed by atoms with Crippen LogP contribution in [0.1, 0.15) is 48.3 Å². The molecule has 0 fully saturated rings. The van der Waals surface area contributed by atoms with Gasteiger partial charge in [0.2, 0.25) is 5.95 Å². The van der Waals surface area contributed by atoms with Gasteiger partial charge in [0.25, 0.3) is 5.91 Å². The van der Waals surface area contributed by atoms with Crippen molar-refractivity contribution in [1.82, 2.24) is 15.3 Å². The fourth-order valence-corrected chi connectivity index (χ4v) is 4.28. The van der Waals surface area contributed by atoms with E-state index in [0.717, 1.165) is 11.1 Å². The summed E-state index contributed by atoms with van der Waals surface area (Å²) in [5.41, 5.74) is 10.6. The van der Waals surface area contributed by atoms with Crippen LogP contribution in [0.3, 0.4) is 0 Å². The normalized spacial score (nSPS) is 12.3. The van der Waals surface area contributed by atoms with E-state index in [0.29, 0.717) is 51.3 Å². The maximum absolute atomic E-state index is 14.7. The van der Waals surface area contributed by atoms with Gasteiger partial charge < -0.3 is 16.4 Å². The first-order valence-electron chi connectivity index (χ1n) is 12.1. The van der Waals surface area contributed by atoms with E-state index >= 15 is 0 Å². The fraction of sp³-hybridized carbons (Fsp3) is 0.200. The molecule has 0 spiro atoms. The Morgan fingerprint density at radius 3 is 2.51 bits per heavy atom. The summed E-state index contributed by atoms with van der Waals surface area (Å²) in [7, 11) is 0. The molecule has 1 amide bonds. The molecule has 1 aromatic heterocycles. The van der Waals surface area contributed by atoms with Gasteiger partial charge in [-0.3, -0.25) is 9.79 Å². The van der Waals surface area contributed by atoms with Crippen LogP contribution in [0.25, 0.3) is 11.3 Å². The molecule has 2 heterocycles. The summed E-state index contributed by atoms with van der Waals surface area (Å²) in [5.74, 6) is -0.182. The molecular formula is C30H30ClFN6O. The molecule has 9 heteroatoms. The SMILES string of the molecule is C.CC(C)(N)CNC(=O)c1ccc(Nc2ncc3c(n2)-c2ccc(Cl)cc2C(c2ccccc2F)=NC3)cc1. The molecule has 0 aliphatic carbocycles. The van der Waals surface area contributed by atoms with E-state index in [1.807, 2.05) is 19.9 Å². The number of amides is 1. The summed E-state index contributed by atoms with van der Waals surface area (Å²) in [4.78, 5) is 26.4. The summed E-state index contributed by atoms with van der Waals surface area (Å²) >= 11 is 6.34. The van der Waals surface area contributed by atoms with Crippen LogP contribution >= 0.6 is 11.6 Å². The molecule has 0 atom stereocenters. The van der Waals surface area contributed by atoms with Crippen molar-refractivity contribution >= 4 is 34.9 Å². The first kappa shape index (κ1) is 27.9. The van der Waals surface area contributed by atoms with Crippen molar-refractivity contribution in [3.8, 4) is 11.3 Å². The highest BCUT2D eigenvalue weighted by Gasteiger charge is 2.23. The molecule has 1 aliphatic rings. The molecule has 3 aromatic carbocycles. The number of nitrogens with zero attached hydrogens (tertiary/aromatic N) is 3. The van der Waals surface area contributed by atoms with E-state index < -0.39 is 5.54 Å². The third kappa shape index (κ3) is 6.30. The van der Waals surface area contributed by atoms with Gasteiger partial charge in [0.1, 0.15) is 5.82 Å². The predicted molar refractivity (Wildman–Crippen MR) is 155 cm³/mol. The Morgan fingerprint density at radius 2 is 1.79 bits per heavy atom. The van der Waals surface area contributed by atoms with Crippen LogP contribution < -0.4 is 16.4 Å².